The molecule has 4 aromatic heterocycles. The highest BCUT2D eigenvalue weighted by Gasteiger charge is 2.17. The number of ether oxygens (including phenoxy) is 4. The van der Waals surface area contributed by atoms with Crippen molar-refractivity contribution in [1.29, 1.82) is 0 Å². The number of imidazole rings is 4. The van der Waals surface area contributed by atoms with Crippen molar-refractivity contribution in [2.24, 2.45) is 0 Å². The molecule has 4 heterocycles. The number of carbonyl (C=O) groups is 2. The highest BCUT2D eigenvalue weighted by molar-refractivity contribution is 8.14. The Morgan fingerprint density at radius 3 is 1.17 bits per heavy atom. The van der Waals surface area contributed by atoms with E-state index in [1.807, 2.05) is 112 Å². The lowest BCUT2D eigenvalue weighted by Gasteiger charge is -2.16. The minimum atomic E-state index is -1.07. The zero-order valence-corrected chi connectivity index (χ0v) is 60.0. The molecular formula is C66H100N8O6S4Si4. The summed E-state index contributed by atoms with van der Waals surface area (Å²) in [4.78, 5) is 41.3. The standard InChI is InChI=1S/2C16H22N2O2SSi.2C16H24N2OSSi.2CH4/c1-22(2,3)10-9-20-13-18-11-15(17-12-18)21-16(19)14-7-5-4-6-8-14;1-22(2,3)10-9-20-13-18-12-17-11-15(18)21-16(19)14-7-5-4-6-8-14;1-21(2,3)10-9-19-14-18-11-16(17-13-18)20-12-15-7-5-4-6-8-15;1-21(2,3)10-9-19-14-18-13-17-11-16(18)20-12-15-7-5-4-6-8-15;;/h2*4-8,11-12H,9-10,13H2,1-3H3;2*4-8,11,13H,9-10,12,14H2,1-3H3;2*1H4. The number of carbonyl (C=O) groups excluding carboxylic acids is 2. The van der Waals surface area contributed by atoms with Crippen molar-refractivity contribution in [3.8, 4) is 0 Å². The molecule has 0 radical (unpaired) electrons. The van der Waals surface area contributed by atoms with E-state index in [9.17, 15) is 9.59 Å². The third-order valence-electron chi connectivity index (χ3n) is 12.4. The van der Waals surface area contributed by atoms with Gasteiger partial charge in [-0.2, -0.15) is 0 Å². The first-order valence-corrected chi connectivity index (χ1v) is 47.6. The van der Waals surface area contributed by atoms with Crippen molar-refractivity contribution in [3.63, 3.8) is 0 Å². The number of aromatic nitrogens is 8. The van der Waals surface area contributed by atoms with Crippen LogP contribution in [-0.2, 0) is 57.4 Å². The summed E-state index contributed by atoms with van der Waals surface area (Å²) in [6.07, 6.45) is 14.6. The monoisotopic (exact) mass is 1340 g/mol. The SMILES string of the molecule is C.C.C[Si](C)(C)CCOCn1cnc(SC(=O)c2ccccc2)c1.C[Si](C)(C)CCOCn1cnc(SCc2ccccc2)c1.C[Si](C)(C)CCOCn1cncc1SC(=O)c1ccccc1.C[Si](C)(C)CCOCn1cncc1SCc1ccccc1. The van der Waals surface area contributed by atoms with Gasteiger partial charge in [0, 0.05) is 93.7 Å². The number of rotatable bonds is 30. The van der Waals surface area contributed by atoms with Crippen molar-refractivity contribution in [2.45, 2.75) is 176 Å². The van der Waals surface area contributed by atoms with E-state index in [-0.39, 0.29) is 25.1 Å². The van der Waals surface area contributed by atoms with Crippen LogP contribution < -0.4 is 0 Å². The Bertz CT molecular complexity index is 3130. The smallest absolute Gasteiger partial charge is 0.225 e. The zero-order valence-electron chi connectivity index (χ0n) is 52.7. The molecule has 480 valence electrons. The van der Waals surface area contributed by atoms with Crippen LogP contribution in [0.1, 0.15) is 46.7 Å². The topological polar surface area (TPSA) is 142 Å². The second-order valence-corrected chi connectivity index (χ2v) is 51.8. The Morgan fingerprint density at radius 2 is 0.750 bits per heavy atom. The maximum Gasteiger partial charge on any atom is 0.225 e. The van der Waals surface area contributed by atoms with Gasteiger partial charge in [0.1, 0.15) is 42.0 Å². The fourth-order valence-electron chi connectivity index (χ4n) is 7.06. The van der Waals surface area contributed by atoms with Gasteiger partial charge in [-0.25, -0.2) is 19.9 Å². The summed E-state index contributed by atoms with van der Waals surface area (Å²) in [5.74, 6) is 1.91. The van der Waals surface area contributed by atoms with Crippen LogP contribution in [0.4, 0.5) is 0 Å². The molecule has 22 heteroatoms. The van der Waals surface area contributed by atoms with Crippen LogP contribution in [0.5, 0.6) is 0 Å². The summed E-state index contributed by atoms with van der Waals surface area (Å²) in [5.41, 5.74) is 4.03. The molecule has 8 rings (SSSR count). The maximum absolute atomic E-state index is 12.2. The van der Waals surface area contributed by atoms with Crippen molar-refractivity contribution in [3.05, 3.63) is 194 Å². The van der Waals surface area contributed by atoms with E-state index in [2.05, 4.69) is 158 Å². The molecule has 14 nitrogen and oxygen atoms in total. The molecule has 0 N–H and O–H groups in total. The average molecular weight is 1340 g/mol. The predicted octanol–water partition coefficient (Wildman–Crippen LogP) is 18.5. The largest absolute Gasteiger partial charge is 0.361 e. The fourth-order valence-corrected chi connectivity index (χ4v) is 13.3. The summed E-state index contributed by atoms with van der Waals surface area (Å²) in [7, 11) is -4.12. The Kier molecular flexibility index (Phi) is 35.9. The third-order valence-corrected chi connectivity index (χ3v) is 23.1. The van der Waals surface area contributed by atoms with E-state index in [1.165, 1.54) is 35.0 Å². The molecule has 0 spiro atoms. The van der Waals surface area contributed by atoms with Crippen LogP contribution in [0.2, 0.25) is 103 Å². The third kappa shape index (κ3) is 34.4. The number of benzene rings is 4. The lowest BCUT2D eigenvalue weighted by atomic mass is 10.2. The van der Waals surface area contributed by atoms with Gasteiger partial charge in [0.15, 0.2) is 0 Å². The highest BCUT2D eigenvalue weighted by Crippen LogP contribution is 2.26. The van der Waals surface area contributed by atoms with E-state index in [4.69, 9.17) is 18.9 Å². The van der Waals surface area contributed by atoms with Gasteiger partial charge in [-0.15, -0.1) is 23.5 Å². The molecule has 0 atom stereocenters. The molecule has 8 aromatic rings. The molecule has 0 saturated carbocycles. The first kappa shape index (κ1) is 77.4. The van der Waals surface area contributed by atoms with Crippen molar-refractivity contribution < 1.29 is 28.5 Å². The Morgan fingerprint density at radius 1 is 0.409 bits per heavy atom. The Labute approximate surface area is 548 Å². The summed E-state index contributed by atoms with van der Waals surface area (Å²) in [6, 6.07) is 44.2. The molecule has 0 aliphatic rings. The van der Waals surface area contributed by atoms with Crippen molar-refractivity contribution in [1.82, 2.24) is 38.2 Å². The molecule has 0 aliphatic carbocycles. The van der Waals surface area contributed by atoms with Gasteiger partial charge in [-0.3, -0.25) is 9.59 Å². The molecule has 0 aliphatic heterocycles. The van der Waals surface area contributed by atoms with Gasteiger partial charge < -0.3 is 37.2 Å². The molecule has 0 unspecified atom stereocenters. The minimum absolute atomic E-state index is 0. The number of hydrogen-bond acceptors (Lipinski definition) is 14. The van der Waals surface area contributed by atoms with Crippen LogP contribution >= 0.6 is 47.0 Å². The fraction of sp³-hybridized carbons (Fsp3) is 0.424. The van der Waals surface area contributed by atoms with E-state index in [1.54, 1.807) is 42.4 Å². The van der Waals surface area contributed by atoms with Crippen molar-refractivity contribution in [2.75, 3.05) is 26.4 Å². The van der Waals surface area contributed by atoms with Crippen LogP contribution in [0, 0.1) is 0 Å². The summed E-state index contributed by atoms with van der Waals surface area (Å²) in [6.45, 7) is 33.5. The summed E-state index contributed by atoms with van der Waals surface area (Å²) >= 11 is 5.88. The Hall–Kier alpha value is -4.83. The Balaban J connectivity index is 0.000000305. The van der Waals surface area contributed by atoms with Gasteiger partial charge >= 0.3 is 0 Å². The molecule has 0 saturated heterocycles. The van der Waals surface area contributed by atoms with Crippen LogP contribution in [-0.4, -0.2) is 107 Å². The average Bonchev–Trinajstić information content (AvgIpc) is 3.82. The summed E-state index contributed by atoms with van der Waals surface area (Å²) < 4.78 is 30.7. The van der Waals surface area contributed by atoms with Gasteiger partial charge in [0.05, 0.1) is 42.7 Å². The van der Waals surface area contributed by atoms with Crippen LogP contribution in [0.25, 0.3) is 0 Å². The minimum Gasteiger partial charge on any atom is -0.361 e. The second kappa shape index (κ2) is 40.8. The molecule has 4 aromatic carbocycles. The van der Waals surface area contributed by atoms with Crippen LogP contribution in [0.15, 0.2) is 192 Å². The lowest BCUT2D eigenvalue weighted by molar-refractivity contribution is 0.0818. The van der Waals surface area contributed by atoms with Crippen molar-refractivity contribution >= 4 is 89.6 Å². The molecule has 0 bridgehead atoms. The lowest BCUT2D eigenvalue weighted by Crippen LogP contribution is -2.22. The van der Waals surface area contributed by atoms with E-state index < -0.39 is 32.3 Å². The first-order chi connectivity index (χ1) is 41.0. The normalized spacial score (nSPS) is 11.4. The predicted molar refractivity (Wildman–Crippen MR) is 384 cm³/mol. The molecule has 88 heavy (non-hydrogen) atoms. The molecule has 0 amide bonds. The number of thioether (sulfide) groups is 4. The van der Waals surface area contributed by atoms with Crippen LogP contribution in [0.3, 0.4) is 0 Å². The zero-order chi connectivity index (χ0) is 62.3. The van der Waals surface area contributed by atoms with E-state index in [0.717, 1.165) is 76.9 Å². The quantitative estimate of drug-likeness (QED) is 0.0239. The van der Waals surface area contributed by atoms with Gasteiger partial charge in [0.2, 0.25) is 10.2 Å². The molecule has 0 fully saturated rings. The van der Waals surface area contributed by atoms with Gasteiger partial charge in [-0.1, -0.05) is 215 Å². The first-order valence-electron chi connectivity index (χ1n) is 29.2. The van der Waals surface area contributed by atoms with E-state index in [0.29, 0.717) is 43.1 Å². The number of nitrogens with zero attached hydrogens (tertiary/aromatic N) is 8. The van der Waals surface area contributed by atoms with Gasteiger partial charge in [0.25, 0.3) is 0 Å². The summed E-state index contributed by atoms with van der Waals surface area (Å²) in [5, 5.41) is 3.74. The highest BCUT2D eigenvalue weighted by atomic mass is 32.2. The second-order valence-electron chi connectivity index (χ2n) is 25.3. The van der Waals surface area contributed by atoms with E-state index >= 15 is 0 Å². The van der Waals surface area contributed by atoms with Gasteiger partial charge in [-0.05, 0) is 58.8 Å². The number of hydrogen-bond donors (Lipinski definition) is 0. The maximum atomic E-state index is 12.2. The molecular weight excluding hydrogens is 1240 g/mol.